The average Bonchev–Trinajstić information content (AvgIpc) is 2.24. The smallest absolute Gasteiger partial charge is 0.310 e. The molecular formula is C10H9N3O5. The molecular weight excluding hydrogens is 242 g/mol. The van der Waals surface area contributed by atoms with Crippen LogP contribution in [0.1, 0.15) is 19.5 Å². The molecule has 18 heavy (non-hydrogen) atoms. The molecule has 0 fully saturated rings. The minimum absolute atomic E-state index is 0.229. The van der Waals surface area contributed by atoms with E-state index in [9.17, 15) is 25.3 Å². The molecule has 0 spiro atoms. The highest BCUT2D eigenvalue weighted by atomic mass is 16.6. The molecule has 0 saturated heterocycles. The van der Waals surface area contributed by atoms with Crippen molar-refractivity contribution in [3.8, 4) is 11.8 Å². The van der Waals surface area contributed by atoms with E-state index in [1.54, 1.807) is 0 Å². The summed E-state index contributed by atoms with van der Waals surface area (Å²) in [6.07, 6.45) is 0.876. The Morgan fingerprint density at radius 3 is 2.39 bits per heavy atom. The lowest BCUT2D eigenvalue weighted by atomic mass is 10.1. The molecule has 1 aromatic rings. The van der Waals surface area contributed by atoms with Gasteiger partial charge >= 0.3 is 5.69 Å². The molecule has 8 heteroatoms. The Hall–Kier alpha value is -2.53. The normalized spacial score (nSPS) is 10.4. The molecule has 0 radical (unpaired) electrons. The third kappa shape index (κ3) is 3.50. The maximum absolute atomic E-state index is 10.7. The molecule has 0 bridgehead atoms. The number of aromatic nitrogens is 1. The summed E-state index contributed by atoms with van der Waals surface area (Å²) in [5.41, 5.74) is -2.62. The predicted octanol–water partition coefficient (Wildman–Crippen LogP) is 1.02. The van der Waals surface area contributed by atoms with Gasteiger partial charge in [-0.05, 0) is 19.8 Å². The van der Waals surface area contributed by atoms with E-state index in [1.165, 1.54) is 13.8 Å². The van der Waals surface area contributed by atoms with Gasteiger partial charge in [-0.1, -0.05) is 5.92 Å². The molecule has 1 aromatic heterocycles. The number of rotatable bonds is 2. The van der Waals surface area contributed by atoms with E-state index in [0.717, 1.165) is 12.3 Å². The van der Waals surface area contributed by atoms with Crippen molar-refractivity contribution in [2.24, 2.45) is 0 Å². The van der Waals surface area contributed by atoms with Crippen molar-refractivity contribution in [2.45, 2.75) is 19.4 Å². The molecule has 0 atom stereocenters. The molecule has 94 valence electrons. The quantitative estimate of drug-likeness (QED) is 0.476. The van der Waals surface area contributed by atoms with Gasteiger partial charge in [0.25, 0.3) is 5.69 Å². The van der Waals surface area contributed by atoms with Crippen LogP contribution in [0, 0.1) is 32.1 Å². The van der Waals surface area contributed by atoms with E-state index < -0.39 is 26.8 Å². The van der Waals surface area contributed by atoms with Crippen LogP contribution in [0.3, 0.4) is 0 Å². The second-order valence-corrected chi connectivity index (χ2v) is 3.88. The summed E-state index contributed by atoms with van der Waals surface area (Å²) in [4.78, 5) is 23.2. The summed E-state index contributed by atoms with van der Waals surface area (Å²) in [7, 11) is 0. The maximum atomic E-state index is 10.7. The second-order valence-electron chi connectivity index (χ2n) is 3.88. The number of aliphatic hydroxyl groups is 1. The van der Waals surface area contributed by atoms with Gasteiger partial charge in [-0.2, -0.15) is 0 Å². The van der Waals surface area contributed by atoms with Crippen molar-refractivity contribution in [2.75, 3.05) is 0 Å². The van der Waals surface area contributed by atoms with E-state index in [-0.39, 0.29) is 5.69 Å². The third-order valence-electron chi connectivity index (χ3n) is 1.75. The van der Waals surface area contributed by atoms with Crippen molar-refractivity contribution in [1.82, 2.24) is 4.98 Å². The zero-order chi connectivity index (χ0) is 13.9. The van der Waals surface area contributed by atoms with Crippen LogP contribution in [-0.4, -0.2) is 25.5 Å². The molecule has 1 N–H and O–H groups in total. The molecule has 0 saturated carbocycles. The number of pyridine rings is 1. The minimum atomic E-state index is -1.34. The van der Waals surface area contributed by atoms with E-state index in [2.05, 4.69) is 16.8 Å². The molecule has 1 rings (SSSR count). The van der Waals surface area contributed by atoms with Crippen molar-refractivity contribution < 1.29 is 15.0 Å². The average molecular weight is 251 g/mol. The maximum Gasteiger partial charge on any atom is 0.310 e. The Bertz CT molecular complexity index is 565. The molecule has 0 aliphatic carbocycles. The van der Waals surface area contributed by atoms with Crippen LogP contribution in [0.25, 0.3) is 0 Å². The highest BCUT2D eigenvalue weighted by Gasteiger charge is 2.20. The molecule has 0 amide bonds. The van der Waals surface area contributed by atoms with E-state index >= 15 is 0 Å². The lowest BCUT2D eigenvalue weighted by Gasteiger charge is -2.05. The fourth-order valence-electron chi connectivity index (χ4n) is 0.990. The van der Waals surface area contributed by atoms with E-state index in [1.807, 2.05) is 0 Å². The Balaban J connectivity index is 3.32. The Morgan fingerprint density at radius 1 is 1.33 bits per heavy atom. The molecule has 0 aromatic carbocycles. The van der Waals surface area contributed by atoms with Crippen LogP contribution in [-0.2, 0) is 0 Å². The lowest BCUT2D eigenvalue weighted by molar-refractivity contribution is -0.394. The number of nitro groups is 2. The zero-order valence-corrected chi connectivity index (χ0v) is 9.58. The summed E-state index contributed by atoms with van der Waals surface area (Å²) >= 11 is 0. The van der Waals surface area contributed by atoms with Gasteiger partial charge in [0.2, 0.25) is 0 Å². The first-order chi connectivity index (χ1) is 8.20. The SMILES string of the molecule is CC(C)(O)C#Cc1ncc([N+](=O)[O-])cc1[N+](=O)[O-]. The fourth-order valence-corrected chi connectivity index (χ4v) is 0.990. The Kier molecular flexibility index (Phi) is 3.58. The van der Waals surface area contributed by atoms with Gasteiger partial charge in [0, 0.05) is 0 Å². The monoisotopic (exact) mass is 251 g/mol. The second kappa shape index (κ2) is 4.77. The Labute approximate surface area is 102 Å². The standard InChI is InChI=1S/C10H9N3O5/c1-10(2,14)4-3-8-9(13(17)18)5-7(6-11-8)12(15)16/h5-6,14H,1-2H3. The number of hydrogen-bond donors (Lipinski definition) is 1. The van der Waals surface area contributed by atoms with E-state index in [4.69, 9.17) is 0 Å². The molecule has 0 aliphatic heterocycles. The highest BCUT2D eigenvalue weighted by molar-refractivity contribution is 5.51. The van der Waals surface area contributed by atoms with Crippen LogP contribution in [0.15, 0.2) is 12.3 Å². The largest absolute Gasteiger partial charge is 0.378 e. The fraction of sp³-hybridized carbons (Fsp3) is 0.300. The van der Waals surface area contributed by atoms with Crippen molar-refractivity contribution in [1.29, 1.82) is 0 Å². The number of hydrogen-bond acceptors (Lipinski definition) is 6. The summed E-state index contributed by atoms with van der Waals surface area (Å²) in [6, 6.07) is 0.779. The third-order valence-corrected chi connectivity index (χ3v) is 1.75. The van der Waals surface area contributed by atoms with Crippen LogP contribution in [0.4, 0.5) is 11.4 Å². The van der Waals surface area contributed by atoms with Gasteiger partial charge in [-0.15, -0.1) is 0 Å². The molecule has 8 nitrogen and oxygen atoms in total. The lowest BCUT2D eigenvalue weighted by Crippen LogP contribution is -2.14. The van der Waals surface area contributed by atoms with Gasteiger partial charge in [0.05, 0.1) is 15.9 Å². The van der Waals surface area contributed by atoms with Crippen LogP contribution in [0.2, 0.25) is 0 Å². The van der Waals surface area contributed by atoms with Crippen LogP contribution in [0.5, 0.6) is 0 Å². The summed E-state index contributed by atoms with van der Waals surface area (Å²) in [5, 5.41) is 30.6. The summed E-state index contributed by atoms with van der Waals surface area (Å²) < 4.78 is 0. The first kappa shape index (κ1) is 13.5. The van der Waals surface area contributed by atoms with Gasteiger partial charge in [-0.3, -0.25) is 20.2 Å². The van der Waals surface area contributed by atoms with E-state index in [0.29, 0.717) is 0 Å². The van der Waals surface area contributed by atoms with Crippen molar-refractivity contribution >= 4 is 11.4 Å². The van der Waals surface area contributed by atoms with Crippen molar-refractivity contribution in [3.63, 3.8) is 0 Å². The molecule has 0 aliphatic rings. The molecule has 1 heterocycles. The van der Waals surface area contributed by atoms with Gasteiger partial charge in [-0.25, -0.2) is 4.98 Å². The first-order valence-corrected chi connectivity index (χ1v) is 4.75. The Morgan fingerprint density at radius 2 is 1.94 bits per heavy atom. The highest BCUT2D eigenvalue weighted by Crippen LogP contribution is 2.21. The summed E-state index contributed by atoms with van der Waals surface area (Å²) in [6.45, 7) is 2.80. The zero-order valence-electron chi connectivity index (χ0n) is 9.58. The summed E-state index contributed by atoms with van der Waals surface area (Å²) in [5.74, 6) is 4.68. The van der Waals surface area contributed by atoms with Crippen molar-refractivity contribution in [3.05, 3.63) is 38.2 Å². The topological polar surface area (TPSA) is 119 Å². The minimum Gasteiger partial charge on any atom is -0.378 e. The van der Waals surface area contributed by atoms with Crippen LogP contribution < -0.4 is 0 Å². The molecule has 0 unspecified atom stereocenters. The van der Waals surface area contributed by atoms with Gasteiger partial charge in [0.15, 0.2) is 5.69 Å². The number of nitrogens with zero attached hydrogens (tertiary/aromatic N) is 3. The van der Waals surface area contributed by atoms with Gasteiger partial charge < -0.3 is 5.11 Å². The van der Waals surface area contributed by atoms with Crippen LogP contribution >= 0.6 is 0 Å². The van der Waals surface area contributed by atoms with Gasteiger partial charge in [0.1, 0.15) is 11.8 Å². The predicted molar refractivity (Wildman–Crippen MR) is 60.7 cm³/mol. The first-order valence-electron chi connectivity index (χ1n) is 4.75.